The predicted octanol–water partition coefficient (Wildman–Crippen LogP) is 3.28. The molecule has 0 aliphatic carbocycles. The quantitative estimate of drug-likeness (QED) is 0.807. The van der Waals surface area contributed by atoms with E-state index in [1.165, 1.54) is 50.4 Å². The molecule has 1 N–H and O–H groups in total. The molecular weight excluding hydrogens is 383 g/mol. The number of hydrogen-bond donors (Lipinski definition) is 1. The van der Waals surface area contributed by atoms with Crippen molar-refractivity contribution in [2.75, 3.05) is 23.0 Å². The molecule has 26 heavy (non-hydrogen) atoms. The first-order valence-corrected chi connectivity index (χ1v) is 9.76. The lowest BCUT2D eigenvalue weighted by Crippen LogP contribution is -2.45. The number of nitrogens with one attached hydrogen (secondary N) is 1. The normalized spacial score (nSPS) is 12.3. The number of para-hydroxylation sites is 1. The van der Waals surface area contributed by atoms with Gasteiger partial charge in [0.1, 0.15) is 17.6 Å². The van der Waals surface area contributed by atoms with Crippen LogP contribution >= 0.6 is 11.6 Å². The SMILES string of the molecule is COc1ccc(N([C@H](C)C(=O)Nc2ccccc2F)S(C)(=O)=O)cc1Cl. The number of benzene rings is 2. The Balaban J connectivity index is 2.36. The minimum Gasteiger partial charge on any atom is -0.495 e. The summed E-state index contributed by atoms with van der Waals surface area (Å²) in [6.45, 7) is 1.40. The number of sulfonamides is 1. The van der Waals surface area contributed by atoms with Gasteiger partial charge in [0.25, 0.3) is 0 Å². The molecule has 0 radical (unpaired) electrons. The van der Waals surface area contributed by atoms with Crippen molar-refractivity contribution < 1.29 is 22.3 Å². The zero-order valence-corrected chi connectivity index (χ0v) is 15.9. The van der Waals surface area contributed by atoms with Crippen LogP contribution in [0.5, 0.6) is 5.75 Å². The third-order valence-corrected chi connectivity index (χ3v) is 5.15. The van der Waals surface area contributed by atoms with E-state index in [9.17, 15) is 17.6 Å². The Bertz CT molecular complexity index is 921. The standard InChI is InChI=1S/C17H18ClFN2O4S/c1-11(17(22)20-15-7-5-4-6-14(15)19)21(26(3,23)24)12-8-9-16(25-2)13(18)10-12/h4-11H,1-3H3,(H,20,22)/t11-/m1/s1. The van der Waals surface area contributed by atoms with Crippen molar-refractivity contribution in [1.82, 2.24) is 0 Å². The fourth-order valence-electron chi connectivity index (χ4n) is 2.40. The summed E-state index contributed by atoms with van der Waals surface area (Å²) in [7, 11) is -2.39. The summed E-state index contributed by atoms with van der Waals surface area (Å²) in [5.41, 5.74) is 0.153. The fraction of sp³-hybridized carbons (Fsp3) is 0.235. The summed E-state index contributed by atoms with van der Waals surface area (Å²) in [5.74, 6) is -0.939. The van der Waals surface area contributed by atoms with Gasteiger partial charge in [-0.05, 0) is 37.3 Å². The van der Waals surface area contributed by atoms with Crippen LogP contribution in [0.3, 0.4) is 0 Å². The molecule has 2 aromatic carbocycles. The van der Waals surface area contributed by atoms with E-state index in [4.69, 9.17) is 16.3 Å². The van der Waals surface area contributed by atoms with Crippen LogP contribution in [0.25, 0.3) is 0 Å². The molecule has 2 aromatic rings. The third kappa shape index (κ3) is 4.44. The van der Waals surface area contributed by atoms with Crippen LogP contribution in [0.2, 0.25) is 5.02 Å². The highest BCUT2D eigenvalue weighted by molar-refractivity contribution is 7.92. The van der Waals surface area contributed by atoms with Gasteiger partial charge in [-0.15, -0.1) is 0 Å². The second-order valence-corrected chi connectivity index (χ2v) is 7.79. The number of carbonyl (C=O) groups is 1. The largest absolute Gasteiger partial charge is 0.495 e. The van der Waals surface area contributed by atoms with E-state index in [-0.39, 0.29) is 16.4 Å². The molecule has 0 saturated carbocycles. The van der Waals surface area contributed by atoms with Crippen molar-refractivity contribution >= 4 is 38.9 Å². The maximum atomic E-state index is 13.7. The van der Waals surface area contributed by atoms with Gasteiger partial charge in [0, 0.05) is 0 Å². The number of rotatable bonds is 6. The lowest BCUT2D eigenvalue weighted by Gasteiger charge is -2.28. The Labute approximate surface area is 156 Å². The number of hydrogen-bond acceptors (Lipinski definition) is 4. The summed E-state index contributed by atoms with van der Waals surface area (Å²) in [6.07, 6.45) is 0.970. The topological polar surface area (TPSA) is 75.7 Å². The molecule has 0 fully saturated rings. The first kappa shape index (κ1) is 20.0. The molecule has 6 nitrogen and oxygen atoms in total. The Morgan fingerprint density at radius 3 is 2.46 bits per heavy atom. The maximum Gasteiger partial charge on any atom is 0.248 e. The summed E-state index contributed by atoms with van der Waals surface area (Å²) in [5, 5.41) is 2.59. The Morgan fingerprint density at radius 2 is 1.92 bits per heavy atom. The van der Waals surface area contributed by atoms with E-state index in [0.29, 0.717) is 5.75 Å². The van der Waals surface area contributed by atoms with Crippen molar-refractivity contribution in [2.45, 2.75) is 13.0 Å². The van der Waals surface area contributed by atoms with Gasteiger partial charge in [-0.1, -0.05) is 23.7 Å². The minimum absolute atomic E-state index is 0.0365. The van der Waals surface area contributed by atoms with Crippen molar-refractivity contribution in [3.05, 3.63) is 53.3 Å². The smallest absolute Gasteiger partial charge is 0.248 e. The van der Waals surface area contributed by atoms with Crippen LogP contribution in [-0.4, -0.2) is 33.7 Å². The average molecular weight is 401 g/mol. The van der Waals surface area contributed by atoms with E-state index in [1.54, 1.807) is 6.07 Å². The number of halogens is 2. The highest BCUT2D eigenvalue weighted by Crippen LogP contribution is 2.31. The van der Waals surface area contributed by atoms with Gasteiger partial charge in [-0.25, -0.2) is 12.8 Å². The number of amides is 1. The zero-order chi connectivity index (χ0) is 19.5. The zero-order valence-electron chi connectivity index (χ0n) is 14.4. The monoisotopic (exact) mass is 400 g/mol. The molecule has 0 saturated heterocycles. The first-order valence-electron chi connectivity index (χ1n) is 7.53. The molecule has 0 aliphatic heterocycles. The third-order valence-electron chi connectivity index (χ3n) is 3.61. The van der Waals surface area contributed by atoms with Crippen LogP contribution in [-0.2, 0) is 14.8 Å². The van der Waals surface area contributed by atoms with Gasteiger partial charge in [-0.2, -0.15) is 0 Å². The number of nitrogens with zero attached hydrogens (tertiary/aromatic N) is 1. The fourth-order valence-corrected chi connectivity index (χ4v) is 3.82. The Hall–Kier alpha value is -2.32. The minimum atomic E-state index is -3.82. The van der Waals surface area contributed by atoms with Crippen molar-refractivity contribution in [3.63, 3.8) is 0 Å². The number of carbonyl (C=O) groups excluding carboxylic acids is 1. The van der Waals surface area contributed by atoms with Gasteiger partial charge in [0.05, 0.1) is 29.8 Å². The number of methoxy groups -OCH3 is 1. The van der Waals surface area contributed by atoms with E-state index >= 15 is 0 Å². The molecule has 0 spiro atoms. The van der Waals surface area contributed by atoms with Crippen LogP contribution in [0.4, 0.5) is 15.8 Å². The summed E-state index contributed by atoms with van der Waals surface area (Å²) in [6, 6.07) is 8.82. The molecule has 1 amide bonds. The summed E-state index contributed by atoms with van der Waals surface area (Å²) >= 11 is 6.06. The van der Waals surface area contributed by atoms with Gasteiger partial charge in [0.2, 0.25) is 15.9 Å². The van der Waals surface area contributed by atoms with Crippen LogP contribution in [0, 0.1) is 5.82 Å². The highest BCUT2D eigenvalue weighted by Gasteiger charge is 2.30. The van der Waals surface area contributed by atoms with Gasteiger partial charge in [0.15, 0.2) is 0 Å². The highest BCUT2D eigenvalue weighted by atomic mass is 35.5. The van der Waals surface area contributed by atoms with Crippen molar-refractivity contribution in [2.24, 2.45) is 0 Å². The van der Waals surface area contributed by atoms with E-state index in [2.05, 4.69) is 5.32 Å². The Kier molecular flexibility index (Phi) is 6.09. The van der Waals surface area contributed by atoms with Crippen molar-refractivity contribution in [3.8, 4) is 5.75 Å². The van der Waals surface area contributed by atoms with Gasteiger partial charge < -0.3 is 10.1 Å². The van der Waals surface area contributed by atoms with Gasteiger partial charge in [-0.3, -0.25) is 9.10 Å². The molecular formula is C17H18ClFN2O4S. The molecule has 2 rings (SSSR count). The second kappa shape index (κ2) is 7.92. The van der Waals surface area contributed by atoms with Crippen molar-refractivity contribution in [1.29, 1.82) is 0 Å². The first-order chi connectivity index (χ1) is 12.1. The van der Waals surface area contributed by atoms with E-state index in [1.807, 2.05) is 0 Å². The predicted molar refractivity (Wildman–Crippen MR) is 99.8 cm³/mol. The average Bonchev–Trinajstić information content (AvgIpc) is 2.56. The Morgan fingerprint density at radius 1 is 1.27 bits per heavy atom. The number of ether oxygens (including phenoxy) is 1. The van der Waals surface area contributed by atoms with E-state index in [0.717, 1.165) is 10.6 Å². The molecule has 0 aromatic heterocycles. The van der Waals surface area contributed by atoms with Crippen LogP contribution in [0.1, 0.15) is 6.92 Å². The summed E-state index contributed by atoms with van der Waals surface area (Å²) in [4.78, 5) is 12.5. The second-order valence-electron chi connectivity index (χ2n) is 5.52. The molecule has 0 bridgehead atoms. The van der Waals surface area contributed by atoms with Gasteiger partial charge >= 0.3 is 0 Å². The number of anilines is 2. The molecule has 140 valence electrons. The molecule has 1 atom stereocenters. The lowest BCUT2D eigenvalue weighted by atomic mass is 10.2. The molecule has 9 heteroatoms. The summed E-state index contributed by atoms with van der Waals surface area (Å²) < 4.78 is 44.2. The molecule has 0 unspecified atom stereocenters. The molecule has 0 heterocycles. The lowest BCUT2D eigenvalue weighted by molar-refractivity contribution is -0.116. The van der Waals surface area contributed by atoms with Crippen LogP contribution in [0.15, 0.2) is 42.5 Å². The van der Waals surface area contributed by atoms with Crippen LogP contribution < -0.4 is 14.4 Å². The molecule has 0 aliphatic rings. The maximum absolute atomic E-state index is 13.7. The van der Waals surface area contributed by atoms with E-state index < -0.39 is 27.8 Å².